The highest BCUT2D eigenvalue weighted by Gasteiger charge is 2.09. The molecule has 0 spiro atoms. The third-order valence-electron chi connectivity index (χ3n) is 1.81. The van der Waals surface area contributed by atoms with E-state index in [4.69, 9.17) is 11.6 Å². The first-order chi connectivity index (χ1) is 6.25. The average molecular weight is 198 g/mol. The van der Waals surface area contributed by atoms with Gasteiger partial charge in [-0.25, -0.2) is 0 Å². The van der Waals surface area contributed by atoms with Gasteiger partial charge in [0.25, 0.3) is 0 Å². The van der Waals surface area contributed by atoms with Gasteiger partial charge in [-0.15, -0.1) is 6.58 Å². The molecule has 13 heavy (non-hydrogen) atoms. The fraction of sp³-hybridized carbons (Fsp3) is 0.300. The molecule has 0 bridgehead atoms. The van der Waals surface area contributed by atoms with Crippen molar-refractivity contribution in [1.82, 2.24) is 4.98 Å². The van der Waals surface area contributed by atoms with Crippen molar-refractivity contribution in [3.05, 3.63) is 41.7 Å². The van der Waals surface area contributed by atoms with Gasteiger partial charge in [0.1, 0.15) is 0 Å². The predicted molar refractivity (Wildman–Crippen MR) is 53.6 cm³/mol. The van der Waals surface area contributed by atoms with Crippen molar-refractivity contribution in [2.45, 2.75) is 18.9 Å². The number of halogens is 1. The molecule has 1 aromatic heterocycles. The summed E-state index contributed by atoms with van der Waals surface area (Å²) in [7, 11) is 0. The van der Waals surface area contributed by atoms with Gasteiger partial charge in [0.05, 0.1) is 11.1 Å². The van der Waals surface area contributed by atoms with Gasteiger partial charge in [-0.05, 0) is 18.9 Å². The molecular weight excluding hydrogens is 186 g/mol. The second-order valence-electron chi connectivity index (χ2n) is 2.78. The molecule has 0 amide bonds. The Morgan fingerprint density at radius 2 is 2.46 bits per heavy atom. The van der Waals surface area contributed by atoms with Crippen molar-refractivity contribution < 1.29 is 5.11 Å². The zero-order chi connectivity index (χ0) is 9.68. The van der Waals surface area contributed by atoms with Crippen molar-refractivity contribution in [2.24, 2.45) is 0 Å². The number of pyridine rings is 1. The number of hydrogen-bond donors (Lipinski definition) is 1. The Labute approximate surface area is 82.9 Å². The molecule has 0 aromatic carbocycles. The minimum absolute atomic E-state index is 0.513. The van der Waals surface area contributed by atoms with Crippen LogP contribution in [-0.4, -0.2) is 10.1 Å². The minimum Gasteiger partial charge on any atom is -0.388 e. The van der Waals surface area contributed by atoms with E-state index in [0.717, 1.165) is 12.0 Å². The summed E-state index contributed by atoms with van der Waals surface area (Å²) in [6.45, 7) is 3.59. The molecule has 0 aliphatic heterocycles. The molecule has 0 radical (unpaired) electrons. The first kappa shape index (κ1) is 10.2. The molecule has 0 fully saturated rings. The molecule has 0 aliphatic carbocycles. The molecule has 1 rings (SSSR count). The zero-order valence-electron chi connectivity index (χ0n) is 7.28. The summed E-state index contributed by atoms with van der Waals surface area (Å²) in [5.41, 5.74) is 0.735. The lowest BCUT2D eigenvalue weighted by molar-refractivity contribution is 0.169. The van der Waals surface area contributed by atoms with Gasteiger partial charge in [0.15, 0.2) is 0 Å². The largest absolute Gasteiger partial charge is 0.388 e. The Bertz CT molecular complexity index is 288. The van der Waals surface area contributed by atoms with Crippen LogP contribution in [0.2, 0.25) is 5.02 Å². The van der Waals surface area contributed by atoms with Crippen LogP contribution in [0.15, 0.2) is 31.1 Å². The van der Waals surface area contributed by atoms with Crippen LogP contribution in [0.5, 0.6) is 0 Å². The molecule has 0 saturated carbocycles. The van der Waals surface area contributed by atoms with Gasteiger partial charge < -0.3 is 5.11 Å². The first-order valence-electron chi connectivity index (χ1n) is 4.14. The average Bonchev–Trinajstić information content (AvgIpc) is 2.15. The molecule has 1 unspecified atom stereocenters. The van der Waals surface area contributed by atoms with E-state index in [2.05, 4.69) is 11.6 Å². The van der Waals surface area contributed by atoms with Crippen LogP contribution in [-0.2, 0) is 0 Å². The van der Waals surface area contributed by atoms with Crippen LogP contribution in [0.3, 0.4) is 0 Å². The van der Waals surface area contributed by atoms with Crippen molar-refractivity contribution in [3.63, 3.8) is 0 Å². The normalized spacial score (nSPS) is 12.5. The summed E-state index contributed by atoms with van der Waals surface area (Å²) in [5.74, 6) is 0. The molecule has 0 saturated heterocycles. The van der Waals surface area contributed by atoms with Crippen molar-refractivity contribution in [1.29, 1.82) is 0 Å². The third kappa shape index (κ3) is 2.83. The summed E-state index contributed by atoms with van der Waals surface area (Å²) >= 11 is 5.85. The quantitative estimate of drug-likeness (QED) is 0.753. The summed E-state index contributed by atoms with van der Waals surface area (Å²) in [6, 6.07) is 1.73. The first-order valence-corrected chi connectivity index (χ1v) is 4.52. The van der Waals surface area contributed by atoms with Crippen LogP contribution in [0.25, 0.3) is 0 Å². The topological polar surface area (TPSA) is 33.1 Å². The summed E-state index contributed by atoms with van der Waals surface area (Å²) in [5, 5.41) is 10.2. The SMILES string of the molecule is C=CCCC(O)c1ccncc1Cl. The molecule has 70 valence electrons. The molecule has 1 atom stereocenters. The van der Waals surface area contributed by atoms with E-state index in [0.29, 0.717) is 11.4 Å². The number of rotatable bonds is 4. The Morgan fingerprint density at radius 3 is 3.08 bits per heavy atom. The van der Waals surface area contributed by atoms with Crippen molar-refractivity contribution in [2.75, 3.05) is 0 Å². The van der Waals surface area contributed by atoms with Crippen molar-refractivity contribution >= 4 is 11.6 Å². The van der Waals surface area contributed by atoms with Gasteiger partial charge in [-0.3, -0.25) is 4.98 Å². The van der Waals surface area contributed by atoms with E-state index in [1.165, 1.54) is 6.20 Å². The highest BCUT2D eigenvalue weighted by Crippen LogP contribution is 2.24. The molecule has 0 aliphatic rings. The smallest absolute Gasteiger partial charge is 0.0808 e. The molecule has 1 aromatic rings. The van der Waals surface area contributed by atoms with Crippen LogP contribution in [0.1, 0.15) is 24.5 Å². The van der Waals surface area contributed by atoms with E-state index >= 15 is 0 Å². The van der Waals surface area contributed by atoms with Gasteiger partial charge >= 0.3 is 0 Å². The second-order valence-corrected chi connectivity index (χ2v) is 3.19. The summed E-state index contributed by atoms with van der Waals surface area (Å²) in [4.78, 5) is 3.84. The van der Waals surface area contributed by atoms with Crippen LogP contribution in [0, 0.1) is 0 Å². The number of aromatic nitrogens is 1. The van der Waals surface area contributed by atoms with Gasteiger partial charge in [-0.2, -0.15) is 0 Å². The van der Waals surface area contributed by atoms with Gasteiger partial charge in [0, 0.05) is 18.0 Å². The molecule has 1 heterocycles. The van der Waals surface area contributed by atoms with Crippen molar-refractivity contribution in [3.8, 4) is 0 Å². The lowest BCUT2D eigenvalue weighted by Crippen LogP contribution is -1.97. The second kappa shape index (κ2) is 5.00. The molecular formula is C10H12ClNO. The monoisotopic (exact) mass is 197 g/mol. The van der Waals surface area contributed by atoms with E-state index < -0.39 is 6.10 Å². The fourth-order valence-corrected chi connectivity index (χ4v) is 1.33. The Morgan fingerprint density at radius 1 is 1.69 bits per heavy atom. The number of aliphatic hydroxyl groups excluding tert-OH is 1. The Hall–Kier alpha value is -0.860. The van der Waals surface area contributed by atoms with E-state index in [1.54, 1.807) is 18.3 Å². The maximum atomic E-state index is 9.67. The van der Waals surface area contributed by atoms with Crippen LogP contribution >= 0.6 is 11.6 Å². The standard InChI is InChI=1S/C10H12ClNO/c1-2-3-4-10(13)8-5-6-12-7-9(8)11/h2,5-7,10,13H,1,3-4H2. The third-order valence-corrected chi connectivity index (χ3v) is 2.12. The highest BCUT2D eigenvalue weighted by atomic mass is 35.5. The number of nitrogens with zero attached hydrogens (tertiary/aromatic N) is 1. The minimum atomic E-state index is -0.520. The highest BCUT2D eigenvalue weighted by molar-refractivity contribution is 6.31. The van der Waals surface area contributed by atoms with Crippen LogP contribution < -0.4 is 0 Å². The van der Waals surface area contributed by atoms with Crippen LogP contribution in [0.4, 0.5) is 0 Å². The summed E-state index contributed by atoms with van der Waals surface area (Å²) in [6.07, 6.45) is 5.84. The Kier molecular flexibility index (Phi) is 3.93. The fourth-order valence-electron chi connectivity index (χ4n) is 1.09. The molecule has 3 heteroatoms. The lowest BCUT2D eigenvalue weighted by Gasteiger charge is -2.10. The maximum Gasteiger partial charge on any atom is 0.0808 e. The Balaban J connectivity index is 2.70. The number of allylic oxidation sites excluding steroid dienone is 1. The van der Waals surface area contributed by atoms with E-state index in [9.17, 15) is 5.11 Å². The van der Waals surface area contributed by atoms with E-state index in [-0.39, 0.29) is 0 Å². The molecule has 1 N–H and O–H groups in total. The predicted octanol–water partition coefficient (Wildman–Crippen LogP) is 2.73. The van der Waals surface area contributed by atoms with Gasteiger partial charge in [-0.1, -0.05) is 17.7 Å². The molecule has 2 nitrogen and oxygen atoms in total. The van der Waals surface area contributed by atoms with E-state index in [1.807, 2.05) is 0 Å². The number of hydrogen-bond acceptors (Lipinski definition) is 2. The lowest BCUT2D eigenvalue weighted by atomic mass is 10.1. The number of aliphatic hydroxyl groups is 1. The van der Waals surface area contributed by atoms with Gasteiger partial charge in [0.2, 0.25) is 0 Å². The summed E-state index contributed by atoms with van der Waals surface area (Å²) < 4.78 is 0. The zero-order valence-corrected chi connectivity index (χ0v) is 8.04. The maximum absolute atomic E-state index is 9.67.